The van der Waals surface area contributed by atoms with Crippen molar-refractivity contribution in [2.45, 2.75) is 19.9 Å². The first kappa shape index (κ1) is 15.5. The van der Waals surface area contributed by atoms with E-state index >= 15 is 0 Å². The first-order valence-electron chi connectivity index (χ1n) is 6.83. The number of aromatic nitrogens is 1. The summed E-state index contributed by atoms with van der Waals surface area (Å²) in [5.41, 5.74) is 1.11. The predicted molar refractivity (Wildman–Crippen MR) is 83.7 cm³/mol. The Balaban J connectivity index is 2.14. The quantitative estimate of drug-likeness (QED) is 0.804. The third-order valence-corrected chi connectivity index (χ3v) is 3.12. The molecule has 1 aromatic heterocycles. The molecule has 0 bridgehead atoms. The van der Waals surface area contributed by atoms with Gasteiger partial charge in [-0.05, 0) is 36.8 Å². The number of hydrogen-bond donors (Lipinski definition) is 3. The van der Waals surface area contributed by atoms with E-state index in [9.17, 15) is 14.4 Å². The minimum absolute atomic E-state index is 0.0624. The van der Waals surface area contributed by atoms with E-state index < -0.39 is 11.5 Å². The van der Waals surface area contributed by atoms with Crippen molar-refractivity contribution >= 4 is 17.5 Å². The van der Waals surface area contributed by atoms with Crippen LogP contribution in [-0.2, 0) is 4.79 Å². The van der Waals surface area contributed by atoms with E-state index in [1.54, 1.807) is 24.3 Å². The summed E-state index contributed by atoms with van der Waals surface area (Å²) in [6.45, 7) is 3.24. The van der Waals surface area contributed by atoms with Crippen molar-refractivity contribution in [1.29, 1.82) is 0 Å². The molecule has 2 aromatic rings. The summed E-state index contributed by atoms with van der Waals surface area (Å²) in [6.07, 6.45) is 1.47. The Morgan fingerprint density at radius 1 is 1.18 bits per heavy atom. The molecule has 0 saturated carbocycles. The van der Waals surface area contributed by atoms with E-state index in [-0.39, 0.29) is 17.5 Å². The lowest BCUT2D eigenvalue weighted by atomic mass is 10.1. The molecular weight excluding hydrogens is 282 g/mol. The second kappa shape index (κ2) is 6.71. The van der Waals surface area contributed by atoms with Gasteiger partial charge in [0, 0.05) is 18.8 Å². The molecule has 0 unspecified atom stereocenters. The molecule has 1 aromatic carbocycles. The van der Waals surface area contributed by atoms with Crippen molar-refractivity contribution in [3.05, 3.63) is 64.1 Å². The van der Waals surface area contributed by atoms with Gasteiger partial charge in [0.25, 0.3) is 11.5 Å². The lowest BCUT2D eigenvalue weighted by molar-refractivity contribution is -0.114. The molecule has 2 rings (SSSR count). The maximum atomic E-state index is 12.1. The summed E-state index contributed by atoms with van der Waals surface area (Å²) in [5, 5.41) is 5.45. The average molecular weight is 299 g/mol. The smallest absolute Gasteiger partial charge is 0.260 e. The van der Waals surface area contributed by atoms with Crippen LogP contribution >= 0.6 is 0 Å². The molecule has 6 nitrogen and oxygen atoms in total. The number of carbonyl (C=O) groups excluding carboxylic acids is 2. The summed E-state index contributed by atoms with van der Waals surface area (Å²) >= 11 is 0. The number of rotatable bonds is 4. The van der Waals surface area contributed by atoms with Gasteiger partial charge < -0.3 is 15.6 Å². The zero-order valence-electron chi connectivity index (χ0n) is 12.3. The molecule has 0 saturated heterocycles. The molecule has 0 fully saturated rings. The summed E-state index contributed by atoms with van der Waals surface area (Å²) in [4.78, 5) is 37.2. The zero-order valence-corrected chi connectivity index (χ0v) is 12.3. The second-order valence-corrected chi connectivity index (χ2v) is 4.91. The molecule has 0 spiro atoms. The predicted octanol–water partition coefficient (Wildman–Crippen LogP) is 1.82. The van der Waals surface area contributed by atoms with Gasteiger partial charge >= 0.3 is 0 Å². The number of hydrogen-bond acceptors (Lipinski definition) is 3. The SMILES string of the molecule is CC(=O)Nc1cccc([C@H](C)NC(=O)c2ccc[nH]c2=O)c1. The van der Waals surface area contributed by atoms with Crippen molar-refractivity contribution in [3.8, 4) is 0 Å². The molecule has 22 heavy (non-hydrogen) atoms. The molecule has 0 aliphatic carbocycles. The standard InChI is InChI=1S/C16H17N3O3/c1-10(12-5-3-6-13(9-12)19-11(2)20)18-16(22)14-7-4-8-17-15(14)21/h3-10H,1-2H3,(H,17,21)(H,18,22)(H,19,20)/t10-/m0/s1. The van der Waals surface area contributed by atoms with E-state index in [1.165, 1.54) is 19.2 Å². The highest BCUT2D eigenvalue weighted by atomic mass is 16.2. The van der Waals surface area contributed by atoms with Gasteiger partial charge in [-0.2, -0.15) is 0 Å². The van der Waals surface area contributed by atoms with Crippen LogP contribution in [0.3, 0.4) is 0 Å². The van der Waals surface area contributed by atoms with Crippen LogP contribution in [0.25, 0.3) is 0 Å². The van der Waals surface area contributed by atoms with Gasteiger partial charge in [0.1, 0.15) is 5.56 Å². The summed E-state index contributed by atoms with van der Waals surface area (Å²) < 4.78 is 0. The molecule has 0 radical (unpaired) electrons. The van der Waals surface area contributed by atoms with Crippen molar-refractivity contribution in [3.63, 3.8) is 0 Å². The van der Waals surface area contributed by atoms with Crippen molar-refractivity contribution < 1.29 is 9.59 Å². The first-order chi connectivity index (χ1) is 10.5. The monoisotopic (exact) mass is 299 g/mol. The lowest BCUT2D eigenvalue weighted by Gasteiger charge is -2.15. The second-order valence-electron chi connectivity index (χ2n) is 4.91. The Hall–Kier alpha value is -2.89. The highest BCUT2D eigenvalue weighted by molar-refractivity contribution is 5.94. The number of carbonyl (C=O) groups is 2. The number of pyridine rings is 1. The van der Waals surface area contributed by atoms with E-state index in [1.807, 2.05) is 13.0 Å². The minimum atomic E-state index is -0.445. The molecule has 6 heteroatoms. The number of nitrogens with one attached hydrogen (secondary N) is 3. The van der Waals surface area contributed by atoms with Gasteiger partial charge in [0.2, 0.25) is 5.91 Å². The lowest BCUT2D eigenvalue weighted by Crippen LogP contribution is -2.31. The van der Waals surface area contributed by atoms with Crippen LogP contribution < -0.4 is 16.2 Å². The Labute approximate surface area is 127 Å². The first-order valence-corrected chi connectivity index (χ1v) is 6.83. The third-order valence-electron chi connectivity index (χ3n) is 3.12. The number of H-pyrrole nitrogens is 1. The molecular formula is C16H17N3O3. The van der Waals surface area contributed by atoms with Gasteiger partial charge in [0.05, 0.1) is 6.04 Å². The summed E-state index contributed by atoms with van der Waals surface area (Å²) in [6, 6.07) is 9.93. The summed E-state index contributed by atoms with van der Waals surface area (Å²) in [5.74, 6) is -0.607. The summed E-state index contributed by atoms with van der Waals surface area (Å²) in [7, 11) is 0. The maximum Gasteiger partial charge on any atom is 0.260 e. The van der Waals surface area contributed by atoms with Crippen molar-refractivity contribution in [2.75, 3.05) is 5.32 Å². The normalized spacial score (nSPS) is 11.5. The van der Waals surface area contributed by atoms with E-state index in [0.29, 0.717) is 5.69 Å². The van der Waals surface area contributed by atoms with Crippen LogP contribution in [0.1, 0.15) is 35.8 Å². The van der Waals surface area contributed by atoms with E-state index in [2.05, 4.69) is 15.6 Å². The molecule has 0 aliphatic rings. The molecule has 1 atom stereocenters. The van der Waals surface area contributed by atoms with Crippen LogP contribution in [0.15, 0.2) is 47.4 Å². The fourth-order valence-electron chi connectivity index (χ4n) is 2.05. The van der Waals surface area contributed by atoms with Gasteiger partial charge in [0.15, 0.2) is 0 Å². The molecule has 1 heterocycles. The van der Waals surface area contributed by atoms with Gasteiger partial charge in [-0.15, -0.1) is 0 Å². The molecule has 3 N–H and O–H groups in total. The average Bonchev–Trinajstić information content (AvgIpc) is 2.47. The Kier molecular flexibility index (Phi) is 4.73. The molecule has 114 valence electrons. The number of anilines is 1. The zero-order chi connectivity index (χ0) is 16.1. The van der Waals surface area contributed by atoms with Crippen molar-refractivity contribution in [2.24, 2.45) is 0 Å². The molecule has 0 aliphatic heterocycles. The van der Waals surface area contributed by atoms with E-state index in [4.69, 9.17) is 0 Å². The fourth-order valence-corrected chi connectivity index (χ4v) is 2.05. The Morgan fingerprint density at radius 3 is 2.64 bits per heavy atom. The number of aromatic amines is 1. The fraction of sp³-hybridized carbons (Fsp3) is 0.188. The minimum Gasteiger partial charge on any atom is -0.345 e. The maximum absolute atomic E-state index is 12.1. The third kappa shape index (κ3) is 3.82. The number of amides is 2. The highest BCUT2D eigenvalue weighted by Gasteiger charge is 2.14. The van der Waals surface area contributed by atoms with Crippen molar-refractivity contribution in [1.82, 2.24) is 10.3 Å². The number of benzene rings is 1. The van der Waals surface area contributed by atoms with Gasteiger partial charge in [-0.3, -0.25) is 14.4 Å². The van der Waals surface area contributed by atoms with Crippen LogP contribution in [0, 0.1) is 0 Å². The van der Waals surface area contributed by atoms with E-state index in [0.717, 1.165) is 5.56 Å². The van der Waals surface area contributed by atoms with Crippen LogP contribution in [0.5, 0.6) is 0 Å². The Morgan fingerprint density at radius 2 is 1.95 bits per heavy atom. The highest BCUT2D eigenvalue weighted by Crippen LogP contribution is 2.17. The topological polar surface area (TPSA) is 91.1 Å². The largest absolute Gasteiger partial charge is 0.345 e. The Bertz CT molecular complexity index is 752. The van der Waals surface area contributed by atoms with Gasteiger partial charge in [-0.1, -0.05) is 12.1 Å². The van der Waals surface area contributed by atoms with Crippen LogP contribution in [0.2, 0.25) is 0 Å². The molecule has 2 amide bonds. The van der Waals surface area contributed by atoms with Crippen LogP contribution in [0.4, 0.5) is 5.69 Å². The van der Waals surface area contributed by atoms with Crippen LogP contribution in [-0.4, -0.2) is 16.8 Å². The van der Waals surface area contributed by atoms with Gasteiger partial charge in [-0.25, -0.2) is 0 Å².